The van der Waals surface area contributed by atoms with E-state index in [1.165, 1.54) is 0 Å². The van der Waals surface area contributed by atoms with E-state index in [9.17, 15) is 20.4 Å². The third kappa shape index (κ3) is 4.97. The summed E-state index contributed by atoms with van der Waals surface area (Å²) in [6.07, 6.45) is 7.25. The lowest BCUT2D eigenvalue weighted by molar-refractivity contribution is 0.458. The van der Waals surface area contributed by atoms with Crippen LogP contribution in [0.15, 0.2) is 109 Å². The summed E-state index contributed by atoms with van der Waals surface area (Å²) in [6.45, 7) is 0. The monoisotopic (exact) mass is 588 g/mol. The first kappa shape index (κ1) is 24.0. The van der Waals surface area contributed by atoms with Crippen molar-refractivity contribution < 1.29 is 20.4 Å². The lowest BCUT2D eigenvalue weighted by Gasteiger charge is -2.25. The van der Waals surface area contributed by atoms with E-state index in [4.69, 9.17) is 0 Å². The molecule has 1 aliphatic carbocycles. The molecule has 0 bridgehead atoms. The molecule has 4 nitrogen and oxygen atoms in total. The predicted octanol–water partition coefficient (Wildman–Crippen LogP) is 7.66. The molecule has 180 valence electrons. The second-order valence-corrected chi connectivity index (χ2v) is 10.5. The van der Waals surface area contributed by atoms with E-state index in [0.717, 1.165) is 34.2 Å². The smallest absolute Gasteiger partial charge is 0.119 e. The first-order valence-electron chi connectivity index (χ1n) is 11.7. The second-order valence-electron chi connectivity index (χ2n) is 8.89. The Labute approximate surface area is 223 Å². The molecule has 0 fully saturated rings. The standard InChI is InChI=1S/C31H25IO4/c32-24-9-1-21(2-10-24)31(27-17-22(7-15-29(27)35)19-3-11-25(33)12-4-19)28-18-23(8-16-30(28)36)20-5-13-26(34)14-6-20/h1-9,11-18,24,31,33-36H,10H2. The van der Waals surface area contributed by atoms with Crippen molar-refractivity contribution >= 4 is 22.6 Å². The highest BCUT2D eigenvalue weighted by molar-refractivity contribution is 14.1. The zero-order valence-corrected chi connectivity index (χ0v) is 21.5. The molecule has 1 atom stereocenters. The average Bonchev–Trinajstić information content (AvgIpc) is 2.88. The molecule has 0 saturated carbocycles. The first-order chi connectivity index (χ1) is 17.4. The quantitative estimate of drug-likeness (QED) is 0.143. The second kappa shape index (κ2) is 10.1. The number of hydrogen-bond donors (Lipinski definition) is 4. The highest BCUT2D eigenvalue weighted by Gasteiger charge is 2.26. The van der Waals surface area contributed by atoms with Gasteiger partial charge in [0, 0.05) is 21.0 Å². The topological polar surface area (TPSA) is 80.9 Å². The summed E-state index contributed by atoms with van der Waals surface area (Å²) >= 11 is 2.39. The van der Waals surface area contributed by atoms with Crippen LogP contribution in [0.1, 0.15) is 23.5 Å². The van der Waals surface area contributed by atoms with Crippen LogP contribution in [0.2, 0.25) is 0 Å². The third-order valence-corrected chi connectivity index (χ3v) is 7.41. The van der Waals surface area contributed by atoms with Crippen LogP contribution >= 0.6 is 22.6 Å². The lowest BCUT2D eigenvalue weighted by atomic mass is 9.80. The van der Waals surface area contributed by atoms with Crippen molar-refractivity contribution in [1.29, 1.82) is 0 Å². The van der Waals surface area contributed by atoms with Crippen LogP contribution in [0.25, 0.3) is 22.3 Å². The van der Waals surface area contributed by atoms with Gasteiger partial charge in [-0.25, -0.2) is 0 Å². The van der Waals surface area contributed by atoms with Crippen molar-refractivity contribution in [2.75, 3.05) is 0 Å². The Hall–Kier alpha value is -3.71. The van der Waals surface area contributed by atoms with Crippen LogP contribution in [-0.2, 0) is 0 Å². The summed E-state index contributed by atoms with van der Waals surface area (Å²) in [6, 6.07) is 24.9. The number of alkyl halides is 1. The minimum absolute atomic E-state index is 0.142. The maximum Gasteiger partial charge on any atom is 0.119 e. The summed E-state index contributed by atoms with van der Waals surface area (Å²) in [5, 5.41) is 41.5. The lowest BCUT2D eigenvalue weighted by Crippen LogP contribution is -2.09. The van der Waals surface area contributed by atoms with E-state index in [1.807, 2.05) is 48.5 Å². The fourth-order valence-electron chi connectivity index (χ4n) is 4.59. The van der Waals surface area contributed by atoms with E-state index < -0.39 is 5.92 Å². The molecule has 0 radical (unpaired) electrons. The molecule has 0 aliphatic heterocycles. The Morgan fingerprint density at radius 2 is 1.06 bits per heavy atom. The molecule has 5 rings (SSSR count). The largest absolute Gasteiger partial charge is 0.508 e. The third-order valence-electron chi connectivity index (χ3n) is 6.49. The Kier molecular flexibility index (Phi) is 6.74. The Morgan fingerprint density at radius 3 is 1.47 bits per heavy atom. The van der Waals surface area contributed by atoms with Gasteiger partial charge in [0.05, 0.1) is 0 Å². The number of halogens is 1. The molecule has 0 aromatic heterocycles. The summed E-state index contributed by atoms with van der Waals surface area (Å²) in [5.41, 5.74) is 5.98. The maximum absolute atomic E-state index is 11.0. The fourth-order valence-corrected chi connectivity index (χ4v) is 5.05. The number of hydrogen-bond acceptors (Lipinski definition) is 4. The molecular formula is C31H25IO4. The Bertz CT molecular complexity index is 1360. The van der Waals surface area contributed by atoms with Crippen molar-refractivity contribution in [3.63, 3.8) is 0 Å². The van der Waals surface area contributed by atoms with Gasteiger partial charge in [-0.05, 0) is 82.8 Å². The molecular weight excluding hydrogens is 563 g/mol. The molecule has 0 saturated heterocycles. The summed E-state index contributed by atoms with van der Waals surface area (Å²) in [7, 11) is 0. The highest BCUT2D eigenvalue weighted by atomic mass is 127. The van der Waals surface area contributed by atoms with Gasteiger partial charge in [0.25, 0.3) is 0 Å². The first-order valence-corrected chi connectivity index (χ1v) is 12.9. The zero-order chi connectivity index (χ0) is 25.2. The van der Waals surface area contributed by atoms with Gasteiger partial charge < -0.3 is 20.4 Å². The van der Waals surface area contributed by atoms with E-state index in [0.29, 0.717) is 15.1 Å². The molecule has 0 amide bonds. The van der Waals surface area contributed by atoms with Crippen molar-refractivity contribution in [3.8, 4) is 45.3 Å². The molecule has 1 aliphatic rings. The van der Waals surface area contributed by atoms with Crippen LogP contribution in [-0.4, -0.2) is 24.4 Å². The van der Waals surface area contributed by atoms with E-state index in [1.54, 1.807) is 36.4 Å². The fraction of sp³-hybridized carbons (Fsp3) is 0.0968. The number of phenols is 4. The molecule has 4 N–H and O–H groups in total. The number of aromatic hydroxyl groups is 4. The average molecular weight is 588 g/mol. The van der Waals surface area contributed by atoms with Crippen LogP contribution in [0.5, 0.6) is 23.0 Å². The predicted molar refractivity (Wildman–Crippen MR) is 152 cm³/mol. The van der Waals surface area contributed by atoms with Gasteiger partial charge in [0.2, 0.25) is 0 Å². The summed E-state index contributed by atoms with van der Waals surface area (Å²) in [4.78, 5) is 0. The van der Waals surface area contributed by atoms with Gasteiger partial charge in [-0.1, -0.05) is 77.2 Å². The van der Waals surface area contributed by atoms with Crippen molar-refractivity contribution in [3.05, 3.63) is 120 Å². The van der Waals surface area contributed by atoms with Crippen LogP contribution < -0.4 is 0 Å². The highest BCUT2D eigenvalue weighted by Crippen LogP contribution is 2.45. The maximum atomic E-state index is 11.0. The van der Waals surface area contributed by atoms with E-state index >= 15 is 0 Å². The number of rotatable bonds is 5. The molecule has 4 aromatic carbocycles. The molecule has 0 heterocycles. The summed E-state index contributed by atoms with van der Waals surface area (Å²) in [5.74, 6) is 0.264. The van der Waals surface area contributed by atoms with Crippen molar-refractivity contribution in [1.82, 2.24) is 0 Å². The SMILES string of the molecule is Oc1ccc(-c2ccc(O)c(C(C3=CCC(I)C=C3)c3cc(-c4ccc(O)cc4)ccc3O)c2)cc1. The van der Waals surface area contributed by atoms with Crippen LogP contribution in [0.3, 0.4) is 0 Å². The number of allylic oxidation sites excluding steroid dienone is 4. The van der Waals surface area contributed by atoms with Gasteiger partial charge in [-0.3, -0.25) is 0 Å². The molecule has 36 heavy (non-hydrogen) atoms. The molecule has 0 spiro atoms. The normalized spacial score (nSPS) is 15.2. The number of benzene rings is 4. The van der Waals surface area contributed by atoms with Crippen LogP contribution in [0, 0.1) is 0 Å². The van der Waals surface area contributed by atoms with Crippen LogP contribution in [0.4, 0.5) is 0 Å². The van der Waals surface area contributed by atoms with Crippen molar-refractivity contribution in [2.24, 2.45) is 0 Å². The zero-order valence-electron chi connectivity index (χ0n) is 19.3. The van der Waals surface area contributed by atoms with Crippen molar-refractivity contribution in [2.45, 2.75) is 16.3 Å². The van der Waals surface area contributed by atoms with Gasteiger partial charge in [0.1, 0.15) is 23.0 Å². The number of phenolic OH excluding ortho intramolecular Hbond substituents is 4. The van der Waals surface area contributed by atoms with Gasteiger partial charge in [0.15, 0.2) is 0 Å². The van der Waals surface area contributed by atoms with E-state index in [2.05, 4.69) is 40.8 Å². The molecule has 5 heteroatoms. The Balaban J connectivity index is 1.68. The minimum atomic E-state index is -0.403. The molecule has 1 unspecified atom stereocenters. The Morgan fingerprint density at radius 1 is 0.611 bits per heavy atom. The van der Waals surface area contributed by atoms with Gasteiger partial charge in [-0.15, -0.1) is 0 Å². The summed E-state index contributed by atoms with van der Waals surface area (Å²) < 4.78 is 0.390. The van der Waals surface area contributed by atoms with E-state index in [-0.39, 0.29) is 23.0 Å². The minimum Gasteiger partial charge on any atom is -0.508 e. The molecule has 4 aromatic rings. The van der Waals surface area contributed by atoms with Gasteiger partial charge in [-0.2, -0.15) is 0 Å². The van der Waals surface area contributed by atoms with Gasteiger partial charge >= 0.3 is 0 Å².